The molecule has 0 fully saturated rings. The van der Waals surface area contributed by atoms with E-state index in [-0.39, 0.29) is 17.0 Å². The molecule has 0 spiro atoms. The summed E-state index contributed by atoms with van der Waals surface area (Å²) in [6.45, 7) is 6.98. The fourth-order valence-electron chi connectivity index (χ4n) is 1.03. The van der Waals surface area contributed by atoms with Crippen LogP contribution in [0, 0.1) is 5.41 Å². The zero-order chi connectivity index (χ0) is 7.33. The van der Waals surface area contributed by atoms with E-state index in [1.807, 2.05) is 0 Å². The van der Waals surface area contributed by atoms with Crippen LogP contribution in [-0.2, 0) is 0 Å². The fourth-order valence-corrected chi connectivity index (χ4v) is 1.88. The van der Waals surface area contributed by atoms with Crippen molar-refractivity contribution < 1.29 is 17.0 Å². The SMILES string of the molecule is CCC(C)(CC)CC[PH3+].[Br-]. The molecule has 0 aromatic rings. The quantitative estimate of drug-likeness (QED) is 0.584. The van der Waals surface area contributed by atoms with Gasteiger partial charge in [-0.2, -0.15) is 0 Å². The van der Waals surface area contributed by atoms with Crippen molar-refractivity contribution in [3.05, 3.63) is 0 Å². The zero-order valence-electron chi connectivity index (χ0n) is 7.41. The fraction of sp³-hybridized carbons (Fsp3) is 1.00. The van der Waals surface area contributed by atoms with Crippen LogP contribution in [0.2, 0.25) is 0 Å². The van der Waals surface area contributed by atoms with Crippen LogP contribution >= 0.6 is 9.24 Å². The summed E-state index contributed by atoms with van der Waals surface area (Å²) >= 11 is 0. The first-order valence-electron chi connectivity index (χ1n) is 3.97. The molecule has 0 aromatic carbocycles. The van der Waals surface area contributed by atoms with Gasteiger partial charge in [-0.1, -0.05) is 33.6 Å². The van der Waals surface area contributed by atoms with E-state index in [0.29, 0.717) is 5.41 Å². The van der Waals surface area contributed by atoms with Gasteiger partial charge >= 0.3 is 0 Å². The highest BCUT2D eigenvalue weighted by Crippen LogP contribution is 2.29. The average Bonchev–Trinajstić information content (AvgIpc) is 1.89. The Balaban J connectivity index is 0. The van der Waals surface area contributed by atoms with Crippen molar-refractivity contribution in [3.8, 4) is 0 Å². The second-order valence-corrected chi connectivity index (χ2v) is 3.83. The smallest absolute Gasteiger partial charge is 0.0531 e. The molecule has 2 heteroatoms. The summed E-state index contributed by atoms with van der Waals surface area (Å²) < 4.78 is 0. The van der Waals surface area contributed by atoms with Gasteiger partial charge in [-0.25, -0.2) is 0 Å². The van der Waals surface area contributed by atoms with Crippen molar-refractivity contribution in [2.45, 2.75) is 40.0 Å². The van der Waals surface area contributed by atoms with Crippen molar-refractivity contribution in [1.82, 2.24) is 0 Å². The lowest BCUT2D eigenvalue weighted by Gasteiger charge is -2.24. The van der Waals surface area contributed by atoms with E-state index in [4.69, 9.17) is 0 Å². The predicted molar refractivity (Wildman–Crippen MR) is 49.3 cm³/mol. The van der Waals surface area contributed by atoms with Gasteiger partial charge in [0, 0.05) is 0 Å². The van der Waals surface area contributed by atoms with Crippen molar-refractivity contribution in [3.63, 3.8) is 0 Å². The Morgan fingerprint density at radius 1 is 1.20 bits per heavy atom. The standard InChI is InChI=1S/C8H19P.BrH/c1-4-8(3,5-2)6-7-9;/h4-7,9H2,1-3H3;1H. The van der Waals surface area contributed by atoms with Gasteiger partial charge < -0.3 is 17.0 Å². The van der Waals surface area contributed by atoms with Gasteiger partial charge in [-0.15, -0.1) is 0 Å². The molecule has 0 nitrogen and oxygen atoms in total. The Morgan fingerprint density at radius 2 is 1.60 bits per heavy atom. The van der Waals surface area contributed by atoms with Crippen molar-refractivity contribution in [1.29, 1.82) is 0 Å². The van der Waals surface area contributed by atoms with Gasteiger partial charge in [-0.05, 0) is 21.1 Å². The molecule has 0 aromatic heterocycles. The summed E-state index contributed by atoms with van der Waals surface area (Å²) in [6, 6.07) is 0. The van der Waals surface area contributed by atoms with Gasteiger partial charge in [0.1, 0.15) is 0 Å². The first-order valence-corrected chi connectivity index (χ1v) is 4.97. The molecule has 0 amide bonds. The maximum atomic E-state index is 2.39. The summed E-state index contributed by atoms with van der Waals surface area (Å²) in [4.78, 5) is 0. The molecule has 0 radical (unpaired) electrons. The van der Waals surface area contributed by atoms with E-state index in [1.165, 1.54) is 25.4 Å². The molecule has 10 heavy (non-hydrogen) atoms. The molecule has 0 heterocycles. The van der Waals surface area contributed by atoms with Crippen molar-refractivity contribution >= 4 is 9.24 Å². The third kappa shape index (κ3) is 4.68. The zero-order valence-corrected chi connectivity index (χ0v) is 10.4. The van der Waals surface area contributed by atoms with Crippen LogP contribution in [0.1, 0.15) is 40.0 Å². The molecule has 0 saturated carbocycles. The summed E-state index contributed by atoms with van der Waals surface area (Å²) in [5, 5.41) is 0. The molecule has 64 valence electrons. The van der Waals surface area contributed by atoms with E-state index in [1.54, 1.807) is 0 Å². The lowest BCUT2D eigenvalue weighted by atomic mass is 9.82. The molecule has 0 bridgehead atoms. The summed E-state index contributed by atoms with van der Waals surface area (Å²) in [6.07, 6.45) is 5.43. The van der Waals surface area contributed by atoms with Gasteiger partial charge in [0.15, 0.2) is 0 Å². The van der Waals surface area contributed by atoms with Crippen LogP contribution in [0.25, 0.3) is 0 Å². The number of halogens is 1. The molecule has 0 saturated heterocycles. The highest BCUT2D eigenvalue weighted by Gasteiger charge is 2.18. The lowest BCUT2D eigenvalue weighted by Crippen LogP contribution is -3.00. The summed E-state index contributed by atoms with van der Waals surface area (Å²) in [7, 11) is 2.09. The summed E-state index contributed by atoms with van der Waals surface area (Å²) in [5.74, 6) is 0. The number of hydrogen-bond acceptors (Lipinski definition) is 0. The molecule has 0 aliphatic heterocycles. The minimum Gasteiger partial charge on any atom is -1.00 e. The summed E-state index contributed by atoms with van der Waals surface area (Å²) in [5.41, 5.74) is 0.641. The minimum atomic E-state index is 0. The highest BCUT2D eigenvalue weighted by molar-refractivity contribution is 7.16. The van der Waals surface area contributed by atoms with Crippen LogP contribution in [0.5, 0.6) is 0 Å². The number of rotatable bonds is 4. The molecule has 1 atom stereocenters. The minimum absolute atomic E-state index is 0. The number of hydrogen-bond donors (Lipinski definition) is 0. The molecule has 0 aliphatic rings. The molecule has 1 unspecified atom stereocenters. The van der Waals surface area contributed by atoms with Crippen LogP contribution < -0.4 is 17.0 Å². The molecule has 0 N–H and O–H groups in total. The Kier molecular flexibility index (Phi) is 8.92. The van der Waals surface area contributed by atoms with E-state index in [2.05, 4.69) is 30.0 Å². The van der Waals surface area contributed by atoms with Crippen molar-refractivity contribution in [2.75, 3.05) is 6.16 Å². The van der Waals surface area contributed by atoms with Crippen LogP contribution in [0.15, 0.2) is 0 Å². The predicted octanol–water partition coefficient (Wildman–Crippen LogP) is -0.186. The van der Waals surface area contributed by atoms with Crippen LogP contribution in [-0.4, -0.2) is 6.16 Å². The van der Waals surface area contributed by atoms with Gasteiger partial charge in [-0.3, -0.25) is 0 Å². The van der Waals surface area contributed by atoms with E-state index in [9.17, 15) is 0 Å². The largest absolute Gasteiger partial charge is 1.00 e. The van der Waals surface area contributed by atoms with E-state index < -0.39 is 0 Å². The van der Waals surface area contributed by atoms with Gasteiger partial charge in [0.05, 0.1) is 6.16 Å². The average molecular weight is 227 g/mol. The third-order valence-corrected chi connectivity index (χ3v) is 2.84. The lowest BCUT2D eigenvalue weighted by molar-refractivity contribution is -0.00000231. The van der Waals surface area contributed by atoms with Crippen LogP contribution in [0.4, 0.5) is 0 Å². The second kappa shape index (κ2) is 6.61. The Bertz CT molecular complexity index is 69.7. The normalized spacial score (nSPS) is 11.1. The van der Waals surface area contributed by atoms with Crippen LogP contribution in [0.3, 0.4) is 0 Å². The van der Waals surface area contributed by atoms with Crippen molar-refractivity contribution in [2.24, 2.45) is 5.41 Å². The first kappa shape index (κ1) is 13.5. The van der Waals surface area contributed by atoms with E-state index in [0.717, 1.165) is 0 Å². The topological polar surface area (TPSA) is 0 Å². The third-order valence-electron chi connectivity index (χ3n) is 2.49. The maximum absolute atomic E-state index is 2.39. The molecule has 0 rings (SSSR count). The highest BCUT2D eigenvalue weighted by atomic mass is 79.9. The first-order chi connectivity index (χ1) is 4.18. The second-order valence-electron chi connectivity index (χ2n) is 3.12. The molecule has 0 aliphatic carbocycles. The monoisotopic (exact) mass is 226 g/mol. The maximum Gasteiger partial charge on any atom is 0.0531 e. The van der Waals surface area contributed by atoms with Gasteiger partial charge in [0.25, 0.3) is 0 Å². The Labute approximate surface area is 78.1 Å². The molecular formula is C8H20BrP. The van der Waals surface area contributed by atoms with Gasteiger partial charge in [0.2, 0.25) is 0 Å². The molecular weight excluding hydrogens is 207 g/mol. The Hall–Kier alpha value is 0.910. The Morgan fingerprint density at radius 3 is 1.70 bits per heavy atom. The van der Waals surface area contributed by atoms with E-state index >= 15 is 0 Å².